The van der Waals surface area contributed by atoms with E-state index in [4.69, 9.17) is 4.74 Å². The molecular weight excluding hydrogens is 374 g/mol. The first kappa shape index (κ1) is 21.2. The molecule has 0 spiro atoms. The van der Waals surface area contributed by atoms with Crippen LogP contribution in [0.3, 0.4) is 0 Å². The zero-order valence-corrected chi connectivity index (χ0v) is 16.1. The number of rotatable bonds is 5. The first-order valence-electron chi connectivity index (χ1n) is 9.53. The minimum atomic E-state index is -1.52. The topological polar surface area (TPSA) is 134 Å². The summed E-state index contributed by atoms with van der Waals surface area (Å²) in [6.45, 7) is 1.52. The molecule has 154 valence electrons. The Morgan fingerprint density at radius 1 is 1.00 bits per heavy atom. The van der Waals surface area contributed by atoms with Crippen LogP contribution in [-0.4, -0.2) is 56.6 Å². The smallest absolute Gasteiger partial charge is 0.134 e. The van der Waals surface area contributed by atoms with Gasteiger partial charge >= 0.3 is 0 Å². The van der Waals surface area contributed by atoms with Crippen LogP contribution in [0, 0.1) is 11.3 Å². The Morgan fingerprint density at radius 3 is 2.24 bits per heavy atom. The summed E-state index contributed by atoms with van der Waals surface area (Å²) in [5.41, 5.74) is 3.15. The Hall–Kier alpha value is -2.47. The highest BCUT2D eigenvalue weighted by atomic mass is 16.5. The molecule has 29 heavy (non-hydrogen) atoms. The third-order valence-corrected chi connectivity index (χ3v) is 5.38. The van der Waals surface area contributed by atoms with Gasteiger partial charge in [-0.25, -0.2) is 0 Å². The number of nitriles is 1. The van der Waals surface area contributed by atoms with Gasteiger partial charge in [-0.15, -0.1) is 0 Å². The number of ether oxygens (including phenoxy) is 1. The summed E-state index contributed by atoms with van der Waals surface area (Å²) in [6.07, 6.45) is -5.28. The van der Waals surface area contributed by atoms with Crippen molar-refractivity contribution < 1.29 is 30.3 Å². The van der Waals surface area contributed by atoms with Gasteiger partial charge in [0.1, 0.15) is 42.3 Å². The maximum atomic E-state index is 10.4. The molecule has 1 aliphatic heterocycles. The standard InChI is InChI=1S/C22H25NO6/c1-2-12-3-5-13(6-4-12)7-14-8-15(9-17(25)16(14)10-23)22-21(28)20(27)19(26)18(11-24)29-22/h3-6,8-9,18-22,24-28H,2,7,11H2,1H3/t18-,19-,20+,21-,22+/m1/s1. The van der Waals surface area contributed by atoms with Crippen LogP contribution in [-0.2, 0) is 17.6 Å². The highest BCUT2D eigenvalue weighted by Gasteiger charge is 2.44. The summed E-state index contributed by atoms with van der Waals surface area (Å²) < 4.78 is 5.58. The lowest BCUT2D eigenvalue weighted by Crippen LogP contribution is -2.55. The van der Waals surface area contributed by atoms with Crippen molar-refractivity contribution in [2.75, 3.05) is 6.61 Å². The van der Waals surface area contributed by atoms with E-state index >= 15 is 0 Å². The highest BCUT2D eigenvalue weighted by molar-refractivity contribution is 5.52. The first-order chi connectivity index (χ1) is 13.9. The zero-order valence-electron chi connectivity index (χ0n) is 16.1. The Morgan fingerprint density at radius 2 is 1.66 bits per heavy atom. The average molecular weight is 399 g/mol. The summed E-state index contributed by atoms with van der Waals surface area (Å²) in [6, 6.07) is 12.9. The van der Waals surface area contributed by atoms with Gasteiger partial charge in [-0.3, -0.25) is 0 Å². The molecule has 1 saturated heterocycles. The van der Waals surface area contributed by atoms with Crippen LogP contribution < -0.4 is 0 Å². The third-order valence-electron chi connectivity index (χ3n) is 5.38. The lowest BCUT2D eigenvalue weighted by atomic mass is 9.88. The number of aromatic hydroxyl groups is 1. The van der Waals surface area contributed by atoms with E-state index in [1.54, 1.807) is 6.07 Å². The Kier molecular flexibility index (Phi) is 6.52. The van der Waals surface area contributed by atoms with E-state index in [2.05, 4.69) is 6.92 Å². The van der Waals surface area contributed by atoms with Gasteiger partial charge in [0, 0.05) is 0 Å². The van der Waals surface area contributed by atoms with Crippen molar-refractivity contribution >= 4 is 0 Å². The molecule has 3 rings (SSSR count). The molecule has 2 aromatic rings. The van der Waals surface area contributed by atoms with E-state index < -0.39 is 37.1 Å². The van der Waals surface area contributed by atoms with Crippen LogP contribution in [0.4, 0.5) is 0 Å². The van der Waals surface area contributed by atoms with Crippen LogP contribution >= 0.6 is 0 Å². The molecule has 0 aromatic heterocycles. The second-order valence-corrected chi connectivity index (χ2v) is 7.28. The number of aliphatic hydroxyl groups excluding tert-OH is 4. The number of nitrogens with zero attached hydrogens (tertiary/aromatic N) is 1. The van der Waals surface area contributed by atoms with Gasteiger partial charge in [-0.1, -0.05) is 37.3 Å². The SMILES string of the molecule is CCc1ccc(Cc2cc([C@@H]3O[C@H](CO)[C@@H](O)[C@H](O)[C@H]3O)cc(O)c2C#N)cc1. The fourth-order valence-corrected chi connectivity index (χ4v) is 3.63. The Bertz CT molecular complexity index is 889. The van der Waals surface area contributed by atoms with Crippen molar-refractivity contribution in [1.29, 1.82) is 5.26 Å². The second kappa shape index (κ2) is 8.91. The molecule has 0 saturated carbocycles. The molecule has 7 heteroatoms. The van der Waals surface area contributed by atoms with Gasteiger partial charge in [0.2, 0.25) is 0 Å². The first-order valence-corrected chi connectivity index (χ1v) is 9.53. The summed E-state index contributed by atoms with van der Waals surface area (Å²) in [5.74, 6) is -0.262. The van der Waals surface area contributed by atoms with E-state index in [1.807, 2.05) is 30.3 Å². The second-order valence-electron chi connectivity index (χ2n) is 7.28. The number of benzene rings is 2. The van der Waals surface area contributed by atoms with E-state index in [0.29, 0.717) is 17.5 Å². The fraction of sp³-hybridized carbons (Fsp3) is 0.409. The van der Waals surface area contributed by atoms with E-state index in [1.165, 1.54) is 11.6 Å². The van der Waals surface area contributed by atoms with Crippen molar-refractivity contribution in [3.63, 3.8) is 0 Å². The number of aliphatic hydroxyl groups is 4. The molecule has 0 radical (unpaired) electrons. The predicted molar refractivity (Wildman–Crippen MR) is 104 cm³/mol. The predicted octanol–water partition coefficient (Wildman–Crippen LogP) is 0.932. The molecule has 0 unspecified atom stereocenters. The van der Waals surface area contributed by atoms with E-state index in [9.17, 15) is 30.8 Å². The minimum Gasteiger partial charge on any atom is -0.507 e. The van der Waals surface area contributed by atoms with E-state index in [0.717, 1.165) is 12.0 Å². The summed E-state index contributed by atoms with van der Waals surface area (Å²) in [5, 5.41) is 59.6. The number of phenols is 1. The Labute approximate surface area is 169 Å². The quantitative estimate of drug-likeness (QED) is 0.505. The molecule has 0 bridgehead atoms. The van der Waals surface area contributed by atoms with Crippen molar-refractivity contribution in [2.45, 2.75) is 50.3 Å². The summed E-state index contributed by atoms with van der Waals surface area (Å²) >= 11 is 0. The Balaban J connectivity index is 1.97. The molecule has 0 amide bonds. The molecule has 7 nitrogen and oxygen atoms in total. The van der Waals surface area contributed by atoms with Crippen LogP contribution in [0.5, 0.6) is 5.75 Å². The minimum absolute atomic E-state index is 0.123. The van der Waals surface area contributed by atoms with Crippen molar-refractivity contribution in [3.8, 4) is 11.8 Å². The number of hydrogen-bond acceptors (Lipinski definition) is 7. The van der Waals surface area contributed by atoms with Crippen LogP contribution in [0.25, 0.3) is 0 Å². The van der Waals surface area contributed by atoms with Crippen molar-refractivity contribution in [1.82, 2.24) is 0 Å². The lowest BCUT2D eigenvalue weighted by Gasteiger charge is -2.40. The van der Waals surface area contributed by atoms with Gasteiger partial charge in [0.25, 0.3) is 0 Å². The van der Waals surface area contributed by atoms with E-state index in [-0.39, 0.29) is 11.3 Å². The zero-order chi connectivity index (χ0) is 21.1. The maximum Gasteiger partial charge on any atom is 0.134 e. The summed E-state index contributed by atoms with van der Waals surface area (Å²) in [7, 11) is 0. The van der Waals surface area contributed by atoms with Gasteiger partial charge < -0.3 is 30.3 Å². The maximum absolute atomic E-state index is 10.4. The average Bonchev–Trinajstić information content (AvgIpc) is 2.72. The highest BCUT2D eigenvalue weighted by Crippen LogP contribution is 2.36. The van der Waals surface area contributed by atoms with Crippen molar-refractivity contribution in [3.05, 3.63) is 64.2 Å². The van der Waals surface area contributed by atoms with Gasteiger partial charge in [-0.05, 0) is 41.2 Å². The molecule has 1 heterocycles. The number of hydrogen-bond donors (Lipinski definition) is 5. The third kappa shape index (κ3) is 4.27. The normalized spacial score (nSPS) is 26.8. The summed E-state index contributed by atoms with van der Waals surface area (Å²) in [4.78, 5) is 0. The monoisotopic (exact) mass is 399 g/mol. The van der Waals surface area contributed by atoms with Gasteiger partial charge in [0.15, 0.2) is 0 Å². The molecule has 1 fully saturated rings. The number of phenolic OH excluding ortho intramolecular Hbond substituents is 1. The molecule has 1 aliphatic rings. The lowest BCUT2D eigenvalue weighted by molar-refractivity contribution is -0.231. The van der Waals surface area contributed by atoms with Gasteiger partial charge in [0.05, 0.1) is 12.2 Å². The number of aryl methyl sites for hydroxylation is 1. The van der Waals surface area contributed by atoms with Crippen molar-refractivity contribution in [2.24, 2.45) is 0 Å². The van der Waals surface area contributed by atoms with Crippen LogP contribution in [0.2, 0.25) is 0 Å². The molecular formula is C22H25NO6. The van der Waals surface area contributed by atoms with Crippen LogP contribution in [0.15, 0.2) is 36.4 Å². The molecule has 0 aliphatic carbocycles. The van der Waals surface area contributed by atoms with Crippen LogP contribution in [0.1, 0.15) is 40.8 Å². The molecule has 2 aromatic carbocycles. The molecule has 5 N–H and O–H groups in total. The van der Waals surface area contributed by atoms with Gasteiger partial charge in [-0.2, -0.15) is 5.26 Å². The molecule has 5 atom stereocenters. The largest absolute Gasteiger partial charge is 0.507 e. The fourth-order valence-electron chi connectivity index (χ4n) is 3.63.